The normalized spacial score (nSPS) is 20.0. The molecule has 1 atom stereocenters. The number of carbonyl (C=O) groups is 2. The van der Waals surface area contributed by atoms with Gasteiger partial charge in [0.2, 0.25) is 0 Å². The number of aliphatic carboxylic acids is 1. The third-order valence-electron chi connectivity index (χ3n) is 2.98. The van der Waals surface area contributed by atoms with E-state index in [2.05, 4.69) is 4.98 Å². The first kappa shape index (κ1) is 11.6. The van der Waals surface area contributed by atoms with E-state index in [-0.39, 0.29) is 5.91 Å². The molecule has 1 aliphatic rings. The Balaban J connectivity index is 2.20. The molecule has 2 rings (SSSR count). The van der Waals surface area contributed by atoms with Gasteiger partial charge < -0.3 is 10.0 Å². The molecule has 5 heteroatoms. The molecule has 2 heterocycles. The van der Waals surface area contributed by atoms with Gasteiger partial charge in [-0.25, -0.2) is 4.79 Å². The molecule has 0 bridgehead atoms. The molecule has 1 aliphatic heterocycles. The first-order valence-electron chi connectivity index (χ1n) is 5.64. The van der Waals surface area contributed by atoms with Gasteiger partial charge in [0.15, 0.2) is 0 Å². The zero-order chi connectivity index (χ0) is 12.3. The summed E-state index contributed by atoms with van der Waals surface area (Å²) in [4.78, 5) is 28.5. The number of carboxylic acid groups (broad SMARTS) is 1. The Hall–Kier alpha value is -1.91. The highest BCUT2D eigenvalue weighted by atomic mass is 16.4. The van der Waals surface area contributed by atoms with Gasteiger partial charge in [0.25, 0.3) is 5.91 Å². The van der Waals surface area contributed by atoms with Crippen molar-refractivity contribution in [3.05, 3.63) is 30.1 Å². The maximum atomic E-state index is 12.1. The van der Waals surface area contributed by atoms with Crippen molar-refractivity contribution in [1.82, 2.24) is 9.88 Å². The van der Waals surface area contributed by atoms with E-state index >= 15 is 0 Å². The second-order valence-corrected chi connectivity index (χ2v) is 4.08. The van der Waals surface area contributed by atoms with Crippen LogP contribution in [0, 0.1) is 0 Å². The van der Waals surface area contributed by atoms with Crippen LogP contribution in [-0.2, 0) is 4.79 Å². The molecule has 1 aromatic rings. The average Bonchev–Trinajstić information content (AvgIpc) is 2.39. The maximum Gasteiger partial charge on any atom is 0.326 e. The third kappa shape index (κ3) is 2.43. The predicted molar refractivity (Wildman–Crippen MR) is 60.5 cm³/mol. The fraction of sp³-hybridized carbons (Fsp3) is 0.417. The fourth-order valence-electron chi connectivity index (χ4n) is 2.09. The Morgan fingerprint density at radius 3 is 2.65 bits per heavy atom. The van der Waals surface area contributed by atoms with Gasteiger partial charge in [-0.15, -0.1) is 0 Å². The summed E-state index contributed by atoms with van der Waals surface area (Å²) < 4.78 is 0. The van der Waals surface area contributed by atoms with Crippen LogP contribution in [0.2, 0.25) is 0 Å². The number of hydrogen-bond acceptors (Lipinski definition) is 3. The van der Waals surface area contributed by atoms with E-state index in [1.165, 1.54) is 17.3 Å². The van der Waals surface area contributed by atoms with Gasteiger partial charge in [-0.2, -0.15) is 0 Å². The molecule has 0 saturated carbocycles. The molecule has 1 amide bonds. The fourth-order valence-corrected chi connectivity index (χ4v) is 2.09. The van der Waals surface area contributed by atoms with Gasteiger partial charge in [-0.3, -0.25) is 9.78 Å². The van der Waals surface area contributed by atoms with E-state index in [1.54, 1.807) is 12.1 Å². The summed E-state index contributed by atoms with van der Waals surface area (Å²) in [6.07, 6.45) is 5.32. The molecule has 1 aromatic heterocycles. The van der Waals surface area contributed by atoms with E-state index < -0.39 is 12.0 Å². The molecule has 0 spiro atoms. The number of piperidine rings is 1. The lowest BCUT2D eigenvalue weighted by Crippen LogP contribution is -2.47. The van der Waals surface area contributed by atoms with Crippen LogP contribution in [0.15, 0.2) is 24.5 Å². The number of rotatable bonds is 2. The van der Waals surface area contributed by atoms with Crippen LogP contribution in [-0.4, -0.2) is 39.5 Å². The maximum absolute atomic E-state index is 12.1. The molecule has 1 unspecified atom stereocenters. The van der Waals surface area contributed by atoms with Gasteiger partial charge in [-0.05, 0) is 31.4 Å². The van der Waals surface area contributed by atoms with Gasteiger partial charge in [0.1, 0.15) is 6.04 Å². The van der Waals surface area contributed by atoms with Crippen molar-refractivity contribution >= 4 is 11.9 Å². The summed E-state index contributed by atoms with van der Waals surface area (Å²) in [5.41, 5.74) is 0.494. The van der Waals surface area contributed by atoms with Crippen molar-refractivity contribution in [2.75, 3.05) is 6.54 Å². The molecular formula is C12H14N2O3. The van der Waals surface area contributed by atoms with Gasteiger partial charge in [0.05, 0.1) is 0 Å². The molecule has 0 aliphatic carbocycles. The van der Waals surface area contributed by atoms with E-state index in [0.29, 0.717) is 18.5 Å². The van der Waals surface area contributed by atoms with Crippen LogP contribution >= 0.6 is 0 Å². The minimum Gasteiger partial charge on any atom is -0.480 e. The lowest BCUT2D eigenvalue weighted by atomic mass is 10.0. The Labute approximate surface area is 99.1 Å². The van der Waals surface area contributed by atoms with E-state index in [1.807, 2.05) is 0 Å². The highest BCUT2D eigenvalue weighted by Crippen LogP contribution is 2.19. The van der Waals surface area contributed by atoms with Gasteiger partial charge in [-0.1, -0.05) is 0 Å². The van der Waals surface area contributed by atoms with Crippen molar-refractivity contribution in [3.63, 3.8) is 0 Å². The summed E-state index contributed by atoms with van der Waals surface area (Å²) in [5, 5.41) is 9.10. The molecule has 1 N–H and O–H groups in total. The number of aromatic nitrogens is 1. The number of carbonyl (C=O) groups excluding carboxylic acids is 1. The molecule has 5 nitrogen and oxygen atoms in total. The van der Waals surface area contributed by atoms with E-state index in [4.69, 9.17) is 5.11 Å². The molecule has 1 fully saturated rings. The van der Waals surface area contributed by atoms with Crippen LogP contribution in [0.5, 0.6) is 0 Å². The minimum absolute atomic E-state index is 0.223. The molecule has 17 heavy (non-hydrogen) atoms. The zero-order valence-electron chi connectivity index (χ0n) is 9.37. The standard InChI is InChI=1S/C12H14N2O3/c15-11(9-4-6-13-7-5-9)14-8-2-1-3-10(14)12(16)17/h4-7,10H,1-3,8H2,(H,16,17). The number of nitrogens with zero attached hydrogens (tertiary/aromatic N) is 2. The first-order chi connectivity index (χ1) is 8.20. The van der Waals surface area contributed by atoms with Crippen molar-refractivity contribution in [3.8, 4) is 0 Å². The first-order valence-corrected chi connectivity index (χ1v) is 5.64. The SMILES string of the molecule is O=C(O)C1CCCCN1C(=O)c1ccncc1. The largest absolute Gasteiger partial charge is 0.480 e. The van der Waals surface area contributed by atoms with E-state index in [9.17, 15) is 9.59 Å². The van der Waals surface area contributed by atoms with E-state index in [0.717, 1.165) is 12.8 Å². The summed E-state index contributed by atoms with van der Waals surface area (Å²) in [6.45, 7) is 0.512. The number of carboxylic acids is 1. The number of hydrogen-bond donors (Lipinski definition) is 1. The summed E-state index contributed by atoms with van der Waals surface area (Å²) in [7, 11) is 0. The van der Waals surface area contributed by atoms with Gasteiger partial charge >= 0.3 is 5.97 Å². The highest BCUT2D eigenvalue weighted by molar-refractivity contribution is 5.96. The molecular weight excluding hydrogens is 220 g/mol. The Kier molecular flexibility index (Phi) is 3.37. The lowest BCUT2D eigenvalue weighted by molar-refractivity contribution is -0.143. The smallest absolute Gasteiger partial charge is 0.326 e. The second kappa shape index (κ2) is 4.95. The van der Waals surface area contributed by atoms with Crippen LogP contribution in [0.25, 0.3) is 0 Å². The minimum atomic E-state index is -0.924. The monoisotopic (exact) mass is 234 g/mol. The number of pyridine rings is 1. The molecule has 0 aromatic carbocycles. The number of amides is 1. The molecule has 90 valence electrons. The van der Waals surface area contributed by atoms with Crippen molar-refractivity contribution in [2.24, 2.45) is 0 Å². The van der Waals surface area contributed by atoms with Crippen molar-refractivity contribution in [1.29, 1.82) is 0 Å². The average molecular weight is 234 g/mol. The second-order valence-electron chi connectivity index (χ2n) is 4.08. The van der Waals surface area contributed by atoms with Crippen LogP contribution in [0.1, 0.15) is 29.6 Å². The molecule has 1 saturated heterocycles. The van der Waals surface area contributed by atoms with Crippen LogP contribution in [0.3, 0.4) is 0 Å². The van der Waals surface area contributed by atoms with Crippen molar-refractivity contribution in [2.45, 2.75) is 25.3 Å². The third-order valence-corrected chi connectivity index (χ3v) is 2.98. The lowest BCUT2D eigenvalue weighted by Gasteiger charge is -2.32. The topological polar surface area (TPSA) is 70.5 Å². The van der Waals surface area contributed by atoms with Crippen molar-refractivity contribution < 1.29 is 14.7 Å². The highest BCUT2D eigenvalue weighted by Gasteiger charge is 2.32. The quantitative estimate of drug-likeness (QED) is 0.833. The van der Waals surface area contributed by atoms with Crippen LogP contribution in [0.4, 0.5) is 0 Å². The molecule has 0 radical (unpaired) electrons. The summed E-state index contributed by atoms with van der Waals surface area (Å²) in [6, 6.07) is 2.52. The Bertz CT molecular complexity index is 419. The Morgan fingerprint density at radius 1 is 1.29 bits per heavy atom. The zero-order valence-corrected chi connectivity index (χ0v) is 9.37. The number of likely N-dealkylation sites (tertiary alicyclic amines) is 1. The van der Waals surface area contributed by atoms with Gasteiger partial charge in [0, 0.05) is 24.5 Å². The predicted octanol–water partition coefficient (Wildman–Crippen LogP) is 1.16. The van der Waals surface area contributed by atoms with Crippen LogP contribution < -0.4 is 0 Å². The summed E-state index contributed by atoms with van der Waals surface area (Å²) >= 11 is 0. The summed E-state index contributed by atoms with van der Waals surface area (Å²) in [5.74, 6) is -1.15. The Morgan fingerprint density at radius 2 is 2.00 bits per heavy atom.